The maximum Gasteiger partial charge on any atom is 0.107 e. The zero-order chi connectivity index (χ0) is 8.20. The summed E-state index contributed by atoms with van der Waals surface area (Å²) < 4.78 is 0. The lowest BCUT2D eigenvalue weighted by Gasteiger charge is -2.23. The number of aliphatic hydroxyl groups is 2. The van der Waals surface area contributed by atoms with Crippen molar-refractivity contribution in [3.05, 3.63) is 0 Å². The first-order valence-corrected chi connectivity index (χ1v) is 3.17. The van der Waals surface area contributed by atoms with E-state index in [2.05, 4.69) is 10.3 Å². The third kappa shape index (κ3) is 3.79. The molecule has 0 saturated carbocycles. The van der Waals surface area contributed by atoms with Gasteiger partial charge in [0.15, 0.2) is 0 Å². The summed E-state index contributed by atoms with van der Waals surface area (Å²) in [7, 11) is 1.59. The highest BCUT2D eigenvalue weighted by Crippen LogP contribution is 2.07. The third-order valence-corrected chi connectivity index (χ3v) is 1.20. The van der Waals surface area contributed by atoms with Crippen molar-refractivity contribution in [1.29, 1.82) is 0 Å². The first kappa shape index (κ1) is 9.84. The Balaban J connectivity index is 3.52. The highest BCUT2D eigenvalue weighted by Gasteiger charge is 2.24. The van der Waals surface area contributed by atoms with Gasteiger partial charge in [-0.3, -0.25) is 4.84 Å². The molecule has 62 valence electrons. The van der Waals surface area contributed by atoms with Crippen molar-refractivity contribution in [2.45, 2.75) is 25.6 Å². The summed E-state index contributed by atoms with van der Waals surface area (Å²) in [6.45, 7) is 3.13. The van der Waals surface area contributed by atoms with Crippen LogP contribution in [0.25, 0.3) is 0 Å². The van der Waals surface area contributed by atoms with E-state index in [1.807, 2.05) is 0 Å². The van der Waals surface area contributed by atoms with Gasteiger partial charge in [0.2, 0.25) is 0 Å². The molecule has 0 aromatic carbocycles. The van der Waals surface area contributed by atoms with Gasteiger partial charge in [0.05, 0.1) is 12.2 Å². The fraction of sp³-hybridized carbons (Fsp3) is 1.00. The summed E-state index contributed by atoms with van der Waals surface area (Å²) in [5.41, 5.74) is 1.30. The third-order valence-electron chi connectivity index (χ3n) is 1.20. The molecule has 1 atom stereocenters. The van der Waals surface area contributed by atoms with E-state index in [0.717, 1.165) is 0 Å². The predicted molar refractivity (Wildman–Crippen MR) is 37.3 cm³/mol. The van der Waals surface area contributed by atoms with Crippen LogP contribution in [0.15, 0.2) is 0 Å². The van der Waals surface area contributed by atoms with E-state index in [1.54, 1.807) is 7.05 Å². The molecule has 0 aromatic rings. The van der Waals surface area contributed by atoms with Crippen molar-refractivity contribution < 1.29 is 15.1 Å². The second kappa shape index (κ2) is 3.88. The molecular weight excluding hydrogens is 134 g/mol. The Labute approximate surface area is 60.8 Å². The van der Waals surface area contributed by atoms with Gasteiger partial charge in [-0.2, -0.15) is 0 Å². The molecule has 3 N–H and O–H groups in total. The van der Waals surface area contributed by atoms with Gasteiger partial charge in [0.1, 0.15) is 6.10 Å². The van der Waals surface area contributed by atoms with E-state index in [9.17, 15) is 0 Å². The average Bonchev–Trinajstić information content (AvgIpc) is 1.80. The minimum absolute atomic E-state index is 0.0833. The molecule has 0 bridgehead atoms. The summed E-state index contributed by atoms with van der Waals surface area (Å²) in [5, 5.41) is 18.3. The number of hydrogen-bond donors (Lipinski definition) is 3. The molecule has 0 aromatic heterocycles. The Morgan fingerprint density at radius 2 is 2.10 bits per heavy atom. The molecule has 0 amide bonds. The van der Waals surface area contributed by atoms with Crippen molar-refractivity contribution in [2.24, 2.45) is 0 Å². The molecule has 4 nitrogen and oxygen atoms in total. The van der Waals surface area contributed by atoms with Crippen LogP contribution >= 0.6 is 0 Å². The quantitative estimate of drug-likeness (QED) is 0.461. The lowest BCUT2D eigenvalue weighted by molar-refractivity contribution is -0.101. The van der Waals surface area contributed by atoms with Crippen LogP contribution in [0.2, 0.25) is 0 Å². The van der Waals surface area contributed by atoms with Gasteiger partial charge in [-0.1, -0.05) is 0 Å². The summed E-state index contributed by atoms with van der Waals surface area (Å²) >= 11 is 0. The highest BCUT2D eigenvalue weighted by molar-refractivity contribution is 4.75. The van der Waals surface area contributed by atoms with E-state index >= 15 is 0 Å². The number of hydroxylamine groups is 1. The summed E-state index contributed by atoms with van der Waals surface area (Å²) in [5.74, 6) is 0. The SMILES string of the molecule is CNOCC(O)C(C)(C)O. The maximum atomic E-state index is 9.16. The molecule has 0 radical (unpaired) electrons. The summed E-state index contributed by atoms with van der Waals surface area (Å²) in [6.07, 6.45) is -0.861. The largest absolute Gasteiger partial charge is 0.388 e. The predicted octanol–water partition coefficient (Wildman–Crippen LogP) is -0.731. The summed E-state index contributed by atoms with van der Waals surface area (Å²) in [6, 6.07) is 0. The smallest absolute Gasteiger partial charge is 0.107 e. The molecule has 0 aliphatic carbocycles. The molecule has 4 heteroatoms. The molecule has 0 aliphatic heterocycles. The molecular formula is C6H15NO3. The van der Waals surface area contributed by atoms with E-state index < -0.39 is 11.7 Å². The summed E-state index contributed by atoms with van der Waals surface area (Å²) in [4.78, 5) is 4.66. The van der Waals surface area contributed by atoms with Gasteiger partial charge in [-0.05, 0) is 13.8 Å². The van der Waals surface area contributed by atoms with Gasteiger partial charge in [0.25, 0.3) is 0 Å². The van der Waals surface area contributed by atoms with Crippen LogP contribution in [0.5, 0.6) is 0 Å². The van der Waals surface area contributed by atoms with Gasteiger partial charge < -0.3 is 10.2 Å². The molecule has 0 spiro atoms. The number of aliphatic hydroxyl groups excluding tert-OH is 1. The van der Waals surface area contributed by atoms with E-state index in [0.29, 0.717) is 0 Å². The van der Waals surface area contributed by atoms with Crippen molar-refractivity contribution in [3.63, 3.8) is 0 Å². The zero-order valence-electron chi connectivity index (χ0n) is 6.59. The number of hydrogen-bond acceptors (Lipinski definition) is 4. The minimum Gasteiger partial charge on any atom is -0.388 e. The standard InChI is InChI=1S/C6H15NO3/c1-6(2,9)5(8)4-10-7-3/h5,7-9H,4H2,1-3H3. The average molecular weight is 149 g/mol. The van der Waals surface area contributed by atoms with Crippen LogP contribution in [-0.4, -0.2) is 35.6 Å². The van der Waals surface area contributed by atoms with Crippen LogP contribution in [0.3, 0.4) is 0 Å². The maximum absolute atomic E-state index is 9.16. The van der Waals surface area contributed by atoms with E-state index in [1.165, 1.54) is 13.8 Å². The Bertz CT molecular complexity index is 89.5. The highest BCUT2D eigenvalue weighted by atomic mass is 16.6. The van der Waals surface area contributed by atoms with Gasteiger partial charge in [-0.15, -0.1) is 0 Å². The molecule has 1 unspecified atom stereocenters. The van der Waals surface area contributed by atoms with Gasteiger partial charge in [0, 0.05) is 7.05 Å². The number of rotatable bonds is 4. The molecule has 10 heavy (non-hydrogen) atoms. The first-order valence-electron chi connectivity index (χ1n) is 3.17. The minimum atomic E-state index is -1.10. The van der Waals surface area contributed by atoms with E-state index in [4.69, 9.17) is 10.2 Å². The topological polar surface area (TPSA) is 61.7 Å². The Hall–Kier alpha value is -0.160. The van der Waals surface area contributed by atoms with Crippen molar-refractivity contribution in [3.8, 4) is 0 Å². The molecule has 0 rings (SSSR count). The van der Waals surface area contributed by atoms with Crippen LogP contribution in [0.4, 0.5) is 0 Å². The fourth-order valence-corrected chi connectivity index (χ4v) is 0.366. The molecule has 0 heterocycles. The number of nitrogens with one attached hydrogen (secondary N) is 1. The van der Waals surface area contributed by atoms with E-state index in [-0.39, 0.29) is 6.61 Å². The molecule has 0 saturated heterocycles. The Kier molecular flexibility index (Phi) is 3.81. The Morgan fingerprint density at radius 3 is 2.40 bits per heavy atom. The first-order chi connectivity index (χ1) is 4.48. The van der Waals surface area contributed by atoms with Crippen LogP contribution in [0.1, 0.15) is 13.8 Å². The molecule has 0 fully saturated rings. The van der Waals surface area contributed by atoms with Crippen LogP contribution < -0.4 is 5.48 Å². The van der Waals surface area contributed by atoms with Crippen molar-refractivity contribution >= 4 is 0 Å². The monoisotopic (exact) mass is 149 g/mol. The van der Waals surface area contributed by atoms with Crippen LogP contribution in [-0.2, 0) is 4.84 Å². The second-order valence-electron chi connectivity index (χ2n) is 2.68. The lowest BCUT2D eigenvalue weighted by Crippen LogP contribution is -2.40. The zero-order valence-corrected chi connectivity index (χ0v) is 6.59. The lowest BCUT2D eigenvalue weighted by atomic mass is 10.0. The van der Waals surface area contributed by atoms with Crippen molar-refractivity contribution in [1.82, 2.24) is 5.48 Å². The Morgan fingerprint density at radius 1 is 1.60 bits per heavy atom. The van der Waals surface area contributed by atoms with Gasteiger partial charge in [-0.25, -0.2) is 5.48 Å². The normalized spacial score (nSPS) is 15.3. The fourth-order valence-electron chi connectivity index (χ4n) is 0.366. The second-order valence-corrected chi connectivity index (χ2v) is 2.68. The molecule has 0 aliphatic rings. The van der Waals surface area contributed by atoms with Gasteiger partial charge >= 0.3 is 0 Å². The van der Waals surface area contributed by atoms with Crippen molar-refractivity contribution in [2.75, 3.05) is 13.7 Å². The van der Waals surface area contributed by atoms with Crippen LogP contribution in [0, 0.1) is 0 Å².